The van der Waals surface area contributed by atoms with Crippen molar-refractivity contribution in [1.82, 2.24) is 0 Å². The Bertz CT molecular complexity index is 217. The summed E-state index contributed by atoms with van der Waals surface area (Å²) >= 11 is 0. The second-order valence-corrected chi connectivity index (χ2v) is 4.07. The molecule has 0 saturated carbocycles. The highest BCUT2D eigenvalue weighted by Gasteiger charge is 2.51. The zero-order valence-electron chi connectivity index (χ0n) is 8.60. The molecule has 1 N–H and O–H groups in total. The molecule has 0 radical (unpaired) electrons. The predicted molar refractivity (Wildman–Crippen MR) is 46.6 cm³/mol. The minimum atomic E-state index is -0.680. The molecule has 2 fully saturated rings. The molecule has 14 heavy (non-hydrogen) atoms. The fraction of sp³-hybridized carbons (Fsp3) is 1.00. The number of aliphatic hydroxyl groups excluding tert-OH is 1. The largest absolute Gasteiger partial charge is 0.388 e. The van der Waals surface area contributed by atoms with Gasteiger partial charge in [-0.05, 0) is 13.8 Å². The molecule has 0 aromatic heterocycles. The van der Waals surface area contributed by atoms with Gasteiger partial charge in [0.2, 0.25) is 0 Å². The van der Waals surface area contributed by atoms with E-state index in [1.54, 1.807) is 7.11 Å². The summed E-state index contributed by atoms with van der Waals surface area (Å²) in [5.74, 6) is -0.680. The molecule has 0 spiro atoms. The molecule has 0 aliphatic carbocycles. The first-order chi connectivity index (χ1) is 6.53. The lowest BCUT2D eigenvalue weighted by molar-refractivity contribution is -0.237. The molecule has 2 aliphatic heterocycles. The summed E-state index contributed by atoms with van der Waals surface area (Å²) in [5.41, 5.74) is 0. The van der Waals surface area contributed by atoms with Gasteiger partial charge < -0.3 is 24.1 Å². The van der Waals surface area contributed by atoms with Crippen LogP contribution in [0.1, 0.15) is 13.8 Å². The molecule has 0 aromatic rings. The zero-order valence-corrected chi connectivity index (χ0v) is 8.60. The van der Waals surface area contributed by atoms with E-state index in [0.29, 0.717) is 0 Å². The maximum Gasteiger partial charge on any atom is 0.186 e. The molecule has 5 nitrogen and oxygen atoms in total. The van der Waals surface area contributed by atoms with Gasteiger partial charge in [-0.25, -0.2) is 0 Å². The second kappa shape index (κ2) is 3.43. The minimum Gasteiger partial charge on any atom is -0.388 e. The summed E-state index contributed by atoms with van der Waals surface area (Å²) in [4.78, 5) is 0. The van der Waals surface area contributed by atoms with Crippen molar-refractivity contribution in [1.29, 1.82) is 0 Å². The molecule has 2 heterocycles. The average molecular weight is 204 g/mol. The van der Waals surface area contributed by atoms with Crippen molar-refractivity contribution in [2.45, 2.75) is 44.2 Å². The monoisotopic (exact) mass is 204 g/mol. The third-order valence-electron chi connectivity index (χ3n) is 2.47. The quantitative estimate of drug-likeness (QED) is 0.644. The van der Waals surface area contributed by atoms with Gasteiger partial charge in [0.05, 0.1) is 6.61 Å². The lowest BCUT2D eigenvalue weighted by Crippen LogP contribution is -2.51. The van der Waals surface area contributed by atoms with E-state index < -0.39 is 18.2 Å². The van der Waals surface area contributed by atoms with E-state index in [2.05, 4.69) is 0 Å². The molecule has 0 unspecified atom stereocenters. The van der Waals surface area contributed by atoms with E-state index in [1.165, 1.54) is 0 Å². The first-order valence-corrected chi connectivity index (χ1v) is 4.71. The Balaban J connectivity index is 2.14. The molecule has 2 aliphatic rings. The zero-order chi connectivity index (χ0) is 10.3. The minimum absolute atomic E-state index is 0.221. The van der Waals surface area contributed by atoms with E-state index in [4.69, 9.17) is 18.9 Å². The van der Waals surface area contributed by atoms with E-state index in [0.717, 1.165) is 0 Å². The highest BCUT2D eigenvalue weighted by molar-refractivity contribution is 4.91. The Morgan fingerprint density at radius 1 is 1.29 bits per heavy atom. The van der Waals surface area contributed by atoms with Crippen LogP contribution in [-0.4, -0.2) is 49.2 Å². The molecule has 0 bridgehead atoms. The summed E-state index contributed by atoms with van der Waals surface area (Å²) in [6.45, 7) is 3.84. The molecular formula is C9H16O5. The molecule has 82 valence electrons. The van der Waals surface area contributed by atoms with Crippen molar-refractivity contribution in [3.05, 3.63) is 0 Å². The Hall–Kier alpha value is -0.200. The van der Waals surface area contributed by atoms with E-state index in [9.17, 15) is 5.11 Å². The van der Waals surface area contributed by atoms with E-state index >= 15 is 0 Å². The summed E-state index contributed by atoms with van der Waals surface area (Å²) in [7, 11) is 1.55. The van der Waals surface area contributed by atoms with Gasteiger partial charge in [0.1, 0.15) is 18.3 Å². The third-order valence-corrected chi connectivity index (χ3v) is 2.47. The molecule has 2 rings (SSSR count). The van der Waals surface area contributed by atoms with Gasteiger partial charge in [-0.2, -0.15) is 0 Å². The molecule has 4 atom stereocenters. The fourth-order valence-electron chi connectivity index (χ4n) is 1.91. The van der Waals surface area contributed by atoms with Crippen molar-refractivity contribution in [3.8, 4) is 0 Å². The number of methoxy groups -OCH3 is 1. The fourth-order valence-corrected chi connectivity index (χ4v) is 1.91. The Morgan fingerprint density at radius 2 is 1.93 bits per heavy atom. The van der Waals surface area contributed by atoms with Crippen LogP contribution < -0.4 is 0 Å². The Kier molecular flexibility index (Phi) is 2.53. The van der Waals surface area contributed by atoms with Crippen molar-refractivity contribution in [3.63, 3.8) is 0 Å². The number of rotatable bonds is 1. The lowest BCUT2D eigenvalue weighted by Gasteiger charge is -2.33. The van der Waals surface area contributed by atoms with Crippen molar-refractivity contribution in [2.75, 3.05) is 13.7 Å². The summed E-state index contributed by atoms with van der Waals surface area (Å²) < 4.78 is 21.5. The Labute approximate surface area is 82.9 Å². The van der Waals surface area contributed by atoms with Crippen LogP contribution in [0.5, 0.6) is 0 Å². The summed E-state index contributed by atoms with van der Waals surface area (Å²) in [6, 6.07) is 0. The van der Waals surface area contributed by atoms with Gasteiger partial charge in [-0.15, -0.1) is 0 Å². The van der Waals surface area contributed by atoms with Crippen LogP contribution in [0.25, 0.3) is 0 Å². The third kappa shape index (κ3) is 1.66. The summed E-state index contributed by atoms with van der Waals surface area (Å²) in [6.07, 6.45) is -1.80. The lowest BCUT2D eigenvalue weighted by atomic mass is 10.1. The molecule has 0 aromatic carbocycles. The van der Waals surface area contributed by atoms with Crippen LogP contribution in [0, 0.1) is 0 Å². The number of hydrogen-bond acceptors (Lipinski definition) is 5. The van der Waals surface area contributed by atoms with E-state index in [-0.39, 0.29) is 18.8 Å². The molecule has 0 amide bonds. The molecule has 2 saturated heterocycles. The second-order valence-electron chi connectivity index (χ2n) is 4.07. The Morgan fingerprint density at radius 3 is 2.57 bits per heavy atom. The van der Waals surface area contributed by atoms with Crippen molar-refractivity contribution in [2.24, 2.45) is 0 Å². The number of ether oxygens (including phenoxy) is 4. The number of hydrogen-bond donors (Lipinski definition) is 1. The first kappa shape index (κ1) is 10.3. The predicted octanol–water partition coefficient (Wildman–Crippen LogP) is -0.130. The van der Waals surface area contributed by atoms with Crippen LogP contribution in [0.15, 0.2) is 0 Å². The molecular weight excluding hydrogens is 188 g/mol. The van der Waals surface area contributed by atoms with Gasteiger partial charge in [0, 0.05) is 7.11 Å². The van der Waals surface area contributed by atoms with Gasteiger partial charge in [-0.1, -0.05) is 0 Å². The normalized spacial score (nSPS) is 46.3. The SMILES string of the molecule is CO[C@@H]1OC[C@@H](O)[C@@H]2OC(C)(C)O[C@@H]12. The topological polar surface area (TPSA) is 57.2 Å². The van der Waals surface area contributed by atoms with Gasteiger partial charge >= 0.3 is 0 Å². The highest BCUT2D eigenvalue weighted by atomic mass is 16.8. The van der Waals surface area contributed by atoms with Crippen molar-refractivity contribution >= 4 is 0 Å². The smallest absolute Gasteiger partial charge is 0.186 e. The van der Waals surface area contributed by atoms with Crippen LogP contribution in [-0.2, 0) is 18.9 Å². The van der Waals surface area contributed by atoms with Crippen LogP contribution >= 0.6 is 0 Å². The average Bonchev–Trinajstić information content (AvgIpc) is 2.42. The van der Waals surface area contributed by atoms with Crippen LogP contribution in [0.2, 0.25) is 0 Å². The maximum atomic E-state index is 9.64. The highest BCUT2D eigenvalue weighted by Crippen LogP contribution is 2.35. The van der Waals surface area contributed by atoms with E-state index in [1.807, 2.05) is 13.8 Å². The summed E-state index contributed by atoms with van der Waals surface area (Å²) in [5, 5.41) is 9.64. The number of aliphatic hydroxyl groups is 1. The van der Waals surface area contributed by atoms with Gasteiger partial charge in [0.25, 0.3) is 0 Å². The van der Waals surface area contributed by atoms with Crippen molar-refractivity contribution < 1.29 is 24.1 Å². The van der Waals surface area contributed by atoms with Crippen LogP contribution in [0.3, 0.4) is 0 Å². The number of fused-ring (bicyclic) bond motifs is 1. The van der Waals surface area contributed by atoms with Gasteiger partial charge in [0.15, 0.2) is 12.1 Å². The van der Waals surface area contributed by atoms with Crippen LogP contribution in [0.4, 0.5) is 0 Å². The standard InChI is InChI=1S/C9H16O5/c1-9(2)13-6-5(10)4-12-8(11-3)7(6)14-9/h5-8,10H,4H2,1-3H3/t5-,6+,7-,8-/m1/s1. The maximum absolute atomic E-state index is 9.64. The van der Waals surface area contributed by atoms with Gasteiger partial charge in [-0.3, -0.25) is 0 Å². The molecule has 5 heteroatoms. The first-order valence-electron chi connectivity index (χ1n) is 4.71.